The van der Waals surface area contributed by atoms with Gasteiger partial charge in [-0.1, -0.05) is 6.07 Å². The van der Waals surface area contributed by atoms with Crippen LogP contribution in [0.5, 0.6) is 0 Å². The van der Waals surface area contributed by atoms with Crippen molar-refractivity contribution in [3.05, 3.63) is 52.2 Å². The van der Waals surface area contributed by atoms with Crippen LogP contribution < -0.4 is 10.2 Å². The van der Waals surface area contributed by atoms with Crippen LogP contribution in [-0.4, -0.2) is 19.0 Å². The molecule has 1 aromatic heterocycles. The van der Waals surface area contributed by atoms with Crippen LogP contribution in [0.25, 0.3) is 6.08 Å². The normalized spacial score (nSPS) is 13.7. The summed E-state index contributed by atoms with van der Waals surface area (Å²) in [4.78, 5) is 14.3. The summed E-state index contributed by atoms with van der Waals surface area (Å²) in [5, 5.41) is 6.94. The Bertz CT molecular complexity index is 661. The van der Waals surface area contributed by atoms with E-state index in [9.17, 15) is 4.79 Å². The van der Waals surface area contributed by atoms with Crippen molar-refractivity contribution in [3.63, 3.8) is 0 Å². The maximum atomic E-state index is 12.0. The third-order valence-corrected chi connectivity index (χ3v) is 4.40. The smallest absolute Gasteiger partial charge is 0.248 e. The molecule has 0 atom stereocenters. The minimum atomic E-state index is -0.0952. The number of nitrogens with one attached hydrogen (secondary N) is 1. The first-order chi connectivity index (χ1) is 10.3. The van der Waals surface area contributed by atoms with Crippen LogP contribution >= 0.6 is 11.3 Å². The zero-order valence-corrected chi connectivity index (χ0v) is 12.8. The summed E-state index contributed by atoms with van der Waals surface area (Å²) in [5.74, 6) is -0.0952. The number of benzene rings is 1. The van der Waals surface area contributed by atoms with Gasteiger partial charge in [0.1, 0.15) is 0 Å². The Labute approximate surface area is 128 Å². The first-order valence-electron chi connectivity index (χ1n) is 7.15. The predicted octanol–water partition coefficient (Wildman–Crippen LogP) is 3.78. The SMILES string of the molecule is CCN1CCc2ccc(NC(=O)/C=C/c3ccsc3)cc21. The standard InChI is InChI=1S/C17H18N2OS/c1-2-19-9-7-14-4-5-15(11-16(14)19)18-17(20)6-3-13-8-10-21-12-13/h3-6,8,10-12H,2,7,9H2,1H3,(H,18,20)/b6-3+. The minimum absolute atomic E-state index is 0.0952. The van der Waals surface area contributed by atoms with Crippen LogP contribution in [0.15, 0.2) is 41.1 Å². The zero-order chi connectivity index (χ0) is 14.7. The van der Waals surface area contributed by atoms with E-state index in [0.717, 1.165) is 30.8 Å². The van der Waals surface area contributed by atoms with Crippen LogP contribution in [0, 0.1) is 0 Å². The lowest BCUT2D eigenvalue weighted by Crippen LogP contribution is -2.19. The van der Waals surface area contributed by atoms with Gasteiger partial charge >= 0.3 is 0 Å². The highest BCUT2D eigenvalue weighted by atomic mass is 32.1. The summed E-state index contributed by atoms with van der Waals surface area (Å²) in [5.41, 5.74) is 4.52. The quantitative estimate of drug-likeness (QED) is 0.871. The molecule has 3 rings (SSSR count). The molecule has 1 amide bonds. The second-order valence-corrected chi connectivity index (χ2v) is 5.83. The van der Waals surface area contributed by atoms with Gasteiger partial charge in [-0.3, -0.25) is 4.79 Å². The molecule has 0 unspecified atom stereocenters. The van der Waals surface area contributed by atoms with Crippen LogP contribution in [0.2, 0.25) is 0 Å². The summed E-state index contributed by atoms with van der Waals surface area (Å²) >= 11 is 1.62. The van der Waals surface area contributed by atoms with E-state index in [0.29, 0.717) is 0 Å². The third kappa shape index (κ3) is 3.16. The number of likely N-dealkylation sites (N-methyl/N-ethyl adjacent to an activating group) is 1. The molecule has 1 aromatic carbocycles. The largest absolute Gasteiger partial charge is 0.371 e. The number of rotatable bonds is 4. The van der Waals surface area contributed by atoms with Gasteiger partial charge in [-0.05, 0) is 59.5 Å². The highest BCUT2D eigenvalue weighted by Crippen LogP contribution is 2.30. The van der Waals surface area contributed by atoms with E-state index < -0.39 is 0 Å². The third-order valence-electron chi connectivity index (χ3n) is 3.70. The summed E-state index contributed by atoms with van der Waals surface area (Å²) in [6, 6.07) is 8.16. The summed E-state index contributed by atoms with van der Waals surface area (Å²) in [6.45, 7) is 4.23. The van der Waals surface area contributed by atoms with Crippen LogP contribution in [0.4, 0.5) is 11.4 Å². The monoisotopic (exact) mass is 298 g/mol. The molecular formula is C17H18N2OS. The number of nitrogens with zero attached hydrogens (tertiary/aromatic N) is 1. The van der Waals surface area contributed by atoms with Crippen molar-refractivity contribution in [2.24, 2.45) is 0 Å². The highest BCUT2D eigenvalue weighted by Gasteiger charge is 2.17. The number of amides is 1. The van der Waals surface area contributed by atoms with Crippen LogP contribution in [-0.2, 0) is 11.2 Å². The molecule has 0 spiro atoms. The lowest BCUT2D eigenvalue weighted by atomic mass is 10.1. The van der Waals surface area contributed by atoms with Gasteiger partial charge < -0.3 is 10.2 Å². The number of carbonyl (C=O) groups is 1. The van der Waals surface area contributed by atoms with Crippen molar-refractivity contribution in [1.82, 2.24) is 0 Å². The minimum Gasteiger partial charge on any atom is -0.371 e. The molecule has 0 saturated heterocycles. The molecular weight excluding hydrogens is 280 g/mol. The molecule has 2 aromatic rings. The Hall–Kier alpha value is -2.07. The molecule has 108 valence electrons. The van der Waals surface area contributed by atoms with Gasteiger partial charge in [0.2, 0.25) is 5.91 Å². The van der Waals surface area contributed by atoms with Crippen molar-refractivity contribution < 1.29 is 4.79 Å². The maximum absolute atomic E-state index is 12.0. The fraction of sp³-hybridized carbons (Fsp3) is 0.235. The molecule has 3 nitrogen and oxygen atoms in total. The average molecular weight is 298 g/mol. The van der Waals surface area contributed by atoms with Gasteiger partial charge in [0.25, 0.3) is 0 Å². The fourth-order valence-electron chi connectivity index (χ4n) is 2.58. The molecule has 21 heavy (non-hydrogen) atoms. The van der Waals surface area contributed by atoms with Crippen molar-refractivity contribution in [2.45, 2.75) is 13.3 Å². The van der Waals surface area contributed by atoms with E-state index >= 15 is 0 Å². The van der Waals surface area contributed by atoms with Gasteiger partial charge in [0.15, 0.2) is 0 Å². The second kappa shape index (κ2) is 6.14. The number of anilines is 2. The van der Waals surface area contributed by atoms with Gasteiger partial charge in [-0.15, -0.1) is 0 Å². The number of fused-ring (bicyclic) bond motifs is 1. The molecule has 0 aliphatic carbocycles. The average Bonchev–Trinajstić information content (AvgIpc) is 3.14. The van der Waals surface area contributed by atoms with E-state index in [1.54, 1.807) is 17.4 Å². The second-order valence-electron chi connectivity index (χ2n) is 5.05. The van der Waals surface area contributed by atoms with Crippen molar-refractivity contribution in [3.8, 4) is 0 Å². The van der Waals surface area contributed by atoms with E-state index in [1.807, 2.05) is 29.0 Å². The summed E-state index contributed by atoms with van der Waals surface area (Å²) < 4.78 is 0. The van der Waals surface area contributed by atoms with E-state index in [1.165, 1.54) is 11.3 Å². The van der Waals surface area contributed by atoms with Crippen molar-refractivity contribution >= 4 is 34.7 Å². The van der Waals surface area contributed by atoms with Gasteiger partial charge in [0.05, 0.1) is 0 Å². The van der Waals surface area contributed by atoms with Crippen molar-refractivity contribution in [1.29, 1.82) is 0 Å². The number of hydrogen-bond donors (Lipinski definition) is 1. The van der Waals surface area contributed by atoms with Gasteiger partial charge in [0, 0.05) is 30.5 Å². The number of hydrogen-bond acceptors (Lipinski definition) is 3. The Morgan fingerprint density at radius 2 is 2.33 bits per heavy atom. The molecule has 0 saturated carbocycles. The lowest BCUT2D eigenvalue weighted by Gasteiger charge is -2.17. The Balaban J connectivity index is 1.69. The Morgan fingerprint density at radius 3 is 3.10 bits per heavy atom. The lowest BCUT2D eigenvalue weighted by molar-refractivity contribution is -0.111. The molecule has 0 fully saturated rings. The predicted molar refractivity (Wildman–Crippen MR) is 90.0 cm³/mol. The van der Waals surface area contributed by atoms with E-state index in [2.05, 4.69) is 29.3 Å². The molecule has 0 radical (unpaired) electrons. The summed E-state index contributed by atoms with van der Waals surface area (Å²) in [6.07, 6.45) is 4.50. The number of carbonyl (C=O) groups excluding carboxylic acids is 1. The first-order valence-corrected chi connectivity index (χ1v) is 8.09. The van der Waals surface area contributed by atoms with Crippen molar-refractivity contribution in [2.75, 3.05) is 23.3 Å². The number of thiophene rings is 1. The topological polar surface area (TPSA) is 32.3 Å². The summed E-state index contributed by atoms with van der Waals surface area (Å²) in [7, 11) is 0. The van der Waals surface area contributed by atoms with Gasteiger partial charge in [-0.2, -0.15) is 11.3 Å². The highest BCUT2D eigenvalue weighted by molar-refractivity contribution is 7.08. The molecule has 1 aliphatic heterocycles. The molecule has 2 heterocycles. The zero-order valence-electron chi connectivity index (χ0n) is 12.0. The first kappa shape index (κ1) is 13.9. The van der Waals surface area contributed by atoms with E-state index in [-0.39, 0.29) is 5.91 Å². The Kier molecular flexibility index (Phi) is 4.06. The maximum Gasteiger partial charge on any atom is 0.248 e. The van der Waals surface area contributed by atoms with Crippen LogP contribution in [0.3, 0.4) is 0 Å². The fourth-order valence-corrected chi connectivity index (χ4v) is 3.21. The van der Waals surface area contributed by atoms with Gasteiger partial charge in [-0.25, -0.2) is 0 Å². The molecule has 0 bridgehead atoms. The Morgan fingerprint density at radius 1 is 1.43 bits per heavy atom. The molecule has 4 heteroatoms. The molecule has 1 N–H and O–H groups in total. The molecule has 1 aliphatic rings. The van der Waals surface area contributed by atoms with E-state index in [4.69, 9.17) is 0 Å². The van der Waals surface area contributed by atoms with Crippen LogP contribution in [0.1, 0.15) is 18.1 Å².